The Morgan fingerprint density at radius 3 is 2.12 bits per heavy atom. The fourth-order valence-electron chi connectivity index (χ4n) is 1.88. The second-order valence-electron chi connectivity index (χ2n) is 4.05. The van der Waals surface area contributed by atoms with Crippen LogP contribution in [0.15, 0.2) is 0 Å². The minimum atomic E-state index is -4.80. The third kappa shape index (κ3) is 4.43. The lowest BCUT2D eigenvalue weighted by Gasteiger charge is -2.23. The van der Waals surface area contributed by atoms with Gasteiger partial charge in [-0.3, -0.25) is 9.13 Å². The number of rotatable bonds is 6. The maximum Gasteiger partial charge on any atom is 0.370 e. The first kappa shape index (κ1) is 15.3. The molecule has 0 bridgehead atoms. The van der Waals surface area contributed by atoms with Gasteiger partial charge >= 0.3 is 15.2 Å². The Morgan fingerprint density at radius 1 is 1.18 bits per heavy atom. The van der Waals surface area contributed by atoms with E-state index in [2.05, 4.69) is 4.67 Å². The number of hydrogen-bond donors (Lipinski definition) is 4. The summed E-state index contributed by atoms with van der Waals surface area (Å²) in [5.74, 6) is 0. The summed E-state index contributed by atoms with van der Waals surface area (Å²) in [6.45, 7) is 1.91. The minimum Gasteiger partial charge on any atom is -0.324 e. The highest BCUT2D eigenvalue weighted by Gasteiger charge is 2.45. The van der Waals surface area contributed by atoms with E-state index in [-0.39, 0.29) is 6.42 Å². The largest absolute Gasteiger partial charge is 0.370 e. The van der Waals surface area contributed by atoms with Crippen LogP contribution in [-0.2, 0) is 13.8 Å². The molecule has 0 amide bonds. The molecule has 1 aliphatic heterocycles. The second-order valence-corrected chi connectivity index (χ2v) is 8.18. The Morgan fingerprint density at radius 2 is 1.71 bits per heavy atom. The molecule has 4 N–H and O–H groups in total. The maximum absolute atomic E-state index is 11.3. The van der Waals surface area contributed by atoms with E-state index < -0.39 is 20.6 Å². The summed E-state index contributed by atoms with van der Waals surface area (Å²) in [4.78, 5) is 29.1. The van der Waals surface area contributed by atoms with E-state index in [9.17, 15) is 9.13 Å². The highest BCUT2D eigenvalue weighted by atomic mass is 31.2. The molecule has 0 aromatic heterocycles. The summed E-state index contributed by atoms with van der Waals surface area (Å²) >= 11 is 0. The molecule has 2 unspecified atom stereocenters. The monoisotopic (exact) mass is 289 g/mol. The van der Waals surface area contributed by atoms with Crippen LogP contribution in [0.4, 0.5) is 0 Å². The van der Waals surface area contributed by atoms with Crippen LogP contribution in [0.5, 0.6) is 0 Å². The molecule has 0 radical (unpaired) electrons. The predicted molar refractivity (Wildman–Crippen MR) is 59.7 cm³/mol. The molecule has 102 valence electrons. The van der Waals surface area contributed by atoms with Crippen LogP contribution in [-0.4, -0.2) is 49.9 Å². The highest BCUT2D eigenvalue weighted by Crippen LogP contribution is 2.63. The lowest BCUT2D eigenvalue weighted by molar-refractivity contribution is -0.146. The molecule has 10 heteroatoms. The first-order valence-electron chi connectivity index (χ1n) is 5.20. The third-order valence-electron chi connectivity index (χ3n) is 2.78. The van der Waals surface area contributed by atoms with Gasteiger partial charge in [0.25, 0.3) is 0 Å². The van der Waals surface area contributed by atoms with Crippen LogP contribution in [0, 0.1) is 0 Å². The van der Waals surface area contributed by atoms with E-state index >= 15 is 0 Å². The van der Waals surface area contributed by atoms with Crippen LogP contribution < -0.4 is 0 Å². The Labute approximate surface area is 98.8 Å². The maximum atomic E-state index is 11.3. The molecule has 1 fully saturated rings. The summed E-state index contributed by atoms with van der Waals surface area (Å²) < 4.78 is 25.7. The van der Waals surface area contributed by atoms with Gasteiger partial charge in [0.1, 0.15) is 0 Å². The molecular formula is C7H17NO7P2. The Bertz CT molecular complexity index is 337. The van der Waals surface area contributed by atoms with Gasteiger partial charge in [-0.25, -0.2) is 5.26 Å². The molecule has 0 aromatic rings. The molecule has 1 saturated heterocycles. The van der Waals surface area contributed by atoms with E-state index in [1.54, 1.807) is 0 Å². The minimum absolute atomic E-state index is 0.196. The number of likely N-dealkylation sites (tertiary alicyclic amines) is 1. The zero-order valence-electron chi connectivity index (χ0n) is 9.18. The average molecular weight is 289 g/mol. The number of nitrogens with zero attached hydrogens (tertiary/aromatic N) is 1. The first-order chi connectivity index (χ1) is 7.77. The summed E-state index contributed by atoms with van der Waals surface area (Å²) in [6.07, 6.45) is 1.82. The van der Waals surface area contributed by atoms with Gasteiger partial charge in [0, 0.05) is 0 Å². The molecule has 1 rings (SSSR count). The van der Waals surface area contributed by atoms with E-state index in [1.807, 2.05) is 4.90 Å². The smallest absolute Gasteiger partial charge is 0.324 e. The zero-order chi connectivity index (χ0) is 13.1. The van der Waals surface area contributed by atoms with Crippen LogP contribution in [0.2, 0.25) is 0 Å². The van der Waals surface area contributed by atoms with Crippen molar-refractivity contribution < 1.29 is 33.7 Å². The van der Waals surface area contributed by atoms with Crippen molar-refractivity contribution in [2.24, 2.45) is 0 Å². The van der Waals surface area contributed by atoms with Crippen LogP contribution >= 0.6 is 15.2 Å². The molecule has 1 aliphatic rings. The van der Waals surface area contributed by atoms with Gasteiger partial charge < -0.3 is 19.6 Å². The van der Waals surface area contributed by atoms with Crippen molar-refractivity contribution in [1.29, 1.82) is 0 Å². The van der Waals surface area contributed by atoms with E-state index in [4.69, 9.17) is 19.9 Å². The second kappa shape index (κ2) is 5.91. The summed E-state index contributed by atoms with van der Waals surface area (Å²) in [6, 6.07) is 0. The summed E-state index contributed by atoms with van der Waals surface area (Å²) in [5.41, 5.74) is 0. The van der Waals surface area contributed by atoms with Gasteiger partial charge in [0.2, 0.25) is 0 Å². The molecule has 0 spiro atoms. The fraction of sp³-hybridized carbons (Fsp3) is 1.00. The Balaban J connectivity index is 2.64. The highest BCUT2D eigenvalue weighted by molar-refractivity contribution is 7.71. The molecule has 0 aromatic carbocycles. The molecule has 1 heterocycles. The topological polar surface area (TPSA) is 128 Å². The predicted octanol–water partition coefficient (Wildman–Crippen LogP) is 0.651. The van der Waals surface area contributed by atoms with Crippen molar-refractivity contribution in [2.75, 3.05) is 19.6 Å². The quantitative estimate of drug-likeness (QED) is 0.319. The molecular weight excluding hydrogens is 272 g/mol. The van der Waals surface area contributed by atoms with Gasteiger partial charge in [0.05, 0.1) is 0 Å². The summed E-state index contributed by atoms with van der Waals surface area (Å²) in [7, 11) is -9.49. The SMILES string of the molecule is O=P(O)(O)C(CCN1CCCC1)P(=O)(O)OO. The molecule has 8 nitrogen and oxygen atoms in total. The van der Waals surface area contributed by atoms with Crippen molar-refractivity contribution in [3.63, 3.8) is 0 Å². The third-order valence-corrected chi connectivity index (χ3v) is 6.84. The normalized spacial score (nSPS) is 23.5. The van der Waals surface area contributed by atoms with Gasteiger partial charge in [0.15, 0.2) is 5.40 Å². The van der Waals surface area contributed by atoms with Crippen LogP contribution in [0.3, 0.4) is 0 Å². The van der Waals surface area contributed by atoms with Crippen LogP contribution in [0.25, 0.3) is 0 Å². The standard InChI is InChI=1S/C7H17NO7P2/c9-15-17(13,14)7(16(10,11)12)3-6-8-4-1-2-5-8/h7,9H,1-6H2,(H,13,14)(H2,10,11,12). The van der Waals surface area contributed by atoms with Crippen molar-refractivity contribution in [2.45, 2.75) is 24.7 Å². The molecule has 0 saturated carbocycles. The van der Waals surface area contributed by atoms with Gasteiger partial charge in [-0.05, 0) is 38.9 Å². The van der Waals surface area contributed by atoms with Crippen LogP contribution in [0.1, 0.15) is 19.3 Å². The van der Waals surface area contributed by atoms with Crippen molar-refractivity contribution in [3.05, 3.63) is 0 Å². The fourth-order valence-corrected chi connectivity index (χ4v) is 4.53. The van der Waals surface area contributed by atoms with Crippen molar-refractivity contribution in [3.8, 4) is 0 Å². The summed E-state index contributed by atoms with van der Waals surface area (Å²) in [5, 5.41) is 6.38. The molecule has 0 aliphatic carbocycles. The van der Waals surface area contributed by atoms with Crippen molar-refractivity contribution in [1.82, 2.24) is 4.90 Å². The van der Waals surface area contributed by atoms with E-state index in [0.717, 1.165) is 25.9 Å². The molecule has 2 atom stereocenters. The van der Waals surface area contributed by atoms with Gasteiger partial charge in [-0.1, -0.05) is 0 Å². The lowest BCUT2D eigenvalue weighted by atomic mass is 10.4. The Kier molecular flexibility index (Phi) is 5.31. The molecule has 17 heavy (non-hydrogen) atoms. The van der Waals surface area contributed by atoms with Crippen molar-refractivity contribution >= 4 is 15.2 Å². The number of hydrogen-bond acceptors (Lipinski definition) is 5. The average Bonchev–Trinajstić information content (AvgIpc) is 2.68. The van der Waals surface area contributed by atoms with E-state index in [0.29, 0.717) is 6.54 Å². The zero-order valence-corrected chi connectivity index (χ0v) is 11.0. The Hall–Kier alpha value is 0.220. The van der Waals surface area contributed by atoms with E-state index in [1.165, 1.54) is 0 Å². The van der Waals surface area contributed by atoms with Gasteiger partial charge in [-0.15, -0.1) is 0 Å². The lowest BCUT2D eigenvalue weighted by Crippen LogP contribution is -2.24. The first-order valence-corrected chi connectivity index (χ1v) is 8.53. The van der Waals surface area contributed by atoms with Gasteiger partial charge in [-0.2, -0.15) is 4.67 Å².